The number of fused-ring (bicyclic) bond motifs is 1. The van der Waals surface area contributed by atoms with Gasteiger partial charge in [-0.15, -0.1) is 0 Å². The van der Waals surface area contributed by atoms with Crippen LogP contribution in [0.2, 0.25) is 0 Å². The van der Waals surface area contributed by atoms with Crippen LogP contribution in [-0.2, 0) is 20.8 Å². The molecule has 0 radical (unpaired) electrons. The van der Waals surface area contributed by atoms with Crippen LogP contribution in [0.4, 0.5) is 14.5 Å². The van der Waals surface area contributed by atoms with Gasteiger partial charge in [-0.3, -0.25) is 14.4 Å². The molecule has 4 rings (SSSR count). The highest BCUT2D eigenvalue weighted by Crippen LogP contribution is 2.34. The molecule has 0 spiro atoms. The van der Waals surface area contributed by atoms with Crippen LogP contribution in [0.5, 0.6) is 5.75 Å². The quantitative estimate of drug-likeness (QED) is 0.631. The monoisotopic (exact) mass is 400 g/mol. The Morgan fingerprint density at radius 1 is 1.17 bits per heavy atom. The van der Waals surface area contributed by atoms with Gasteiger partial charge in [-0.2, -0.15) is 0 Å². The fourth-order valence-electron chi connectivity index (χ4n) is 3.87. The third kappa shape index (κ3) is 3.35. The smallest absolute Gasteiger partial charge is 0.295 e. The Morgan fingerprint density at radius 3 is 2.69 bits per heavy atom. The van der Waals surface area contributed by atoms with Crippen molar-refractivity contribution < 1.29 is 27.9 Å². The number of ether oxygens (including phenoxy) is 1. The van der Waals surface area contributed by atoms with Crippen molar-refractivity contribution in [2.75, 3.05) is 18.6 Å². The highest BCUT2D eigenvalue weighted by Gasteiger charge is 2.45. The first-order chi connectivity index (χ1) is 13.9. The summed E-state index contributed by atoms with van der Waals surface area (Å²) < 4.78 is 32.4. The van der Waals surface area contributed by atoms with E-state index in [0.29, 0.717) is 18.2 Å². The number of carbonyl (C=O) groups excluding carboxylic acids is 3. The van der Waals surface area contributed by atoms with Crippen molar-refractivity contribution in [1.29, 1.82) is 0 Å². The molecule has 1 N–H and O–H groups in total. The van der Waals surface area contributed by atoms with Gasteiger partial charge in [0.2, 0.25) is 11.7 Å². The predicted molar refractivity (Wildman–Crippen MR) is 99.4 cm³/mol. The first kappa shape index (κ1) is 19.0. The molecular weight excluding hydrogens is 382 g/mol. The van der Waals surface area contributed by atoms with Gasteiger partial charge in [-0.05, 0) is 48.2 Å². The van der Waals surface area contributed by atoms with Gasteiger partial charge in [-0.1, -0.05) is 6.07 Å². The van der Waals surface area contributed by atoms with Crippen molar-refractivity contribution in [3.05, 3.63) is 59.2 Å². The van der Waals surface area contributed by atoms with Crippen LogP contribution in [-0.4, -0.2) is 31.3 Å². The lowest BCUT2D eigenvalue weighted by molar-refractivity contribution is -0.139. The number of amides is 2. The zero-order valence-corrected chi connectivity index (χ0v) is 15.6. The zero-order valence-electron chi connectivity index (χ0n) is 15.6. The molecule has 8 heteroatoms. The average molecular weight is 400 g/mol. The second-order valence-corrected chi connectivity index (χ2v) is 7.09. The highest BCUT2D eigenvalue weighted by molar-refractivity contribution is 6.47. The molecule has 1 fully saturated rings. The van der Waals surface area contributed by atoms with E-state index in [2.05, 4.69) is 5.32 Å². The first-order valence-corrected chi connectivity index (χ1v) is 9.17. The van der Waals surface area contributed by atoms with E-state index >= 15 is 0 Å². The van der Waals surface area contributed by atoms with Gasteiger partial charge >= 0.3 is 0 Å². The minimum Gasteiger partial charge on any atom is -0.497 e. The lowest BCUT2D eigenvalue weighted by Gasteiger charge is -2.18. The van der Waals surface area contributed by atoms with Crippen molar-refractivity contribution in [2.45, 2.75) is 18.9 Å². The Balaban J connectivity index is 1.52. The van der Waals surface area contributed by atoms with Gasteiger partial charge in [0.05, 0.1) is 18.8 Å². The fourth-order valence-corrected chi connectivity index (χ4v) is 3.87. The lowest BCUT2D eigenvalue weighted by atomic mass is 10.0. The molecule has 1 aliphatic carbocycles. The molecule has 2 atom stereocenters. The Labute approximate surface area is 165 Å². The van der Waals surface area contributed by atoms with E-state index in [9.17, 15) is 23.2 Å². The Kier molecular flexibility index (Phi) is 4.77. The minimum atomic E-state index is -1.25. The molecule has 1 aliphatic heterocycles. The number of aryl methyl sites for hydroxylation is 1. The van der Waals surface area contributed by atoms with E-state index in [1.165, 1.54) is 0 Å². The molecule has 150 valence electrons. The second-order valence-electron chi connectivity index (χ2n) is 7.09. The first-order valence-electron chi connectivity index (χ1n) is 9.17. The summed E-state index contributed by atoms with van der Waals surface area (Å²) in [5, 5.41) is 2.83. The fraction of sp³-hybridized carbons (Fsp3) is 0.286. The maximum atomic E-state index is 14.0. The Hall–Kier alpha value is -3.29. The number of rotatable bonds is 4. The van der Waals surface area contributed by atoms with E-state index in [-0.39, 0.29) is 18.3 Å². The van der Waals surface area contributed by atoms with E-state index < -0.39 is 35.1 Å². The third-order valence-electron chi connectivity index (χ3n) is 5.40. The topological polar surface area (TPSA) is 75.7 Å². The summed E-state index contributed by atoms with van der Waals surface area (Å²) in [7, 11) is 1.55. The number of anilines is 1. The number of ketones is 1. The summed E-state index contributed by atoms with van der Waals surface area (Å²) in [5.41, 5.74) is 1.77. The number of Topliss-reactive ketones (excluding diaryl/α,β-unsaturated/α-hetero) is 1. The molecule has 2 aliphatic rings. The number of benzene rings is 2. The van der Waals surface area contributed by atoms with Crippen molar-refractivity contribution in [3.8, 4) is 5.75 Å². The SMILES string of the molecule is COc1ccc2c(c1)C(NC(=O)C1CN(c3ccc(F)cc3F)C(=O)C1=O)CC2. The van der Waals surface area contributed by atoms with Crippen LogP contribution in [0.25, 0.3) is 0 Å². The Bertz CT molecular complexity index is 1020. The van der Waals surface area contributed by atoms with Gasteiger partial charge < -0.3 is 15.0 Å². The molecule has 1 heterocycles. The molecule has 2 unspecified atom stereocenters. The summed E-state index contributed by atoms with van der Waals surface area (Å²) in [4.78, 5) is 38.3. The van der Waals surface area contributed by atoms with E-state index in [1.54, 1.807) is 7.11 Å². The second kappa shape index (κ2) is 7.27. The van der Waals surface area contributed by atoms with Gasteiger partial charge in [0.15, 0.2) is 0 Å². The molecule has 2 amide bonds. The van der Waals surface area contributed by atoms with Crippen LogP contribution in [0.15, 0.2) is 36.4 Å². The highest BCUT2D eigenvalue weighted by atomic mass is 19.1. The van der Waals surface area contributed by atoms with Gasteiger partial charge in [0, 0.05) is 12.6 Å². The van der Waals surface area contributed by atoms with Crippen molar-refractivity contribution in [1.82, 2.24) is 5.32 Å². The zero-order chi connectivity index (χ0) is 20.7. The molecule has 2 aromatic carbocycles. The summed E-state index contributed by atoms with van der Waals surface area (Å²) in [5.74, 6) is -4.83. The molecule has 0 bridgehead atoms. The maximum Gasteiger partial charge on any atom is 0.295 e. The normalized spacial score (nSPS) is 20.7. The Morgan fingerprint density at radius 2 is 1.97 bits per heavy atom. The van der Waals surface area contributed by atoms with Crippen molar-refractivity contribution in [3.63, 3.8) is 0 Å². The summed E-state index contributed by atoms with van der Waals surface area (Å²) in [6.07, 6.45) is 1.44. The van der Waals surface area contributed by atoms with E-state index in [0.717, 1.165) is 34.6 Å². The van der Waals surface area contributed by atoms with Gasteiger partial charge in [0.25, 0.3) is 5.91 Å². The third-order valence-corrected chi connectivity index (χ3v) is 5.40. The lowest BCUT2D eigenvalue weighted by Crippen LogP contribution is -2.37. The van der Waals surface area contributed by atoms with Crippen molar-refractivity contribution in [2.24, 2.45) is 5.92 Å². The van der Waals surface area contributed by atoms with Crippen LogP contribution in [0.3, 0.4) is 0 Å². The van der Waals surface area contributed by atoms with Crippen LogP contribution in [0, 0.1) is 17.6 Å². The number of carbonyl (C=O) groups is 3. The molecule has 1 saturated heterocycles. The molecule has 29 heavy (non-hydrogen) atoms. The maximum absolute atomic E-state index is 14.0. The molecule has 6 nitrogen and oxygen atoms in total. The largest absolute Gasteiger partial charge is 0.497 e. The number of halogens is 2. The van der Waals surface area contributed by atoms with Crippen LogP contribution >= 0.6 is 0 Å². The predicted octanol–water partition coefficient (Wildman–Crippen LogP) is 2.31. The van der Waals surface area contributed by atoms with E-state index in [4.69, 9.17) is 4.74 Å². The molecular formula is C21H18F2N2O4. The van der Waals surface area contributed by atoms with Gasteiger partial charge in [0.1, 0.15) is 23.3 Å². The average Bonchev–Trinajstić information content (AvgIpc) is 3.23. The molecule has 2 aromatic rings. The van der Waals surface area contributed by atoms with Crippen LogP contribution < -0.4 is 15.0 Å². The van der Waals surface area contributed by atoms with E-state index in [1.807, 2.05) is 18.2 Å². The number of hydrogen-bond acceptors (Lipinski definition) is 4. The number of hydrogen-bond donors (Lipinski definition) is 1. The molecule has 0 aromatic heterocycles. The standard InChI is InChI=1S/C21H18F2N2O4/c1-29-13-5-2-11-3-6-17(14(11)9-13)24-20(27)15-10-25(21(28)19(15)26)18-7-4-12(22)8-16(18)23/h2,4-5,7-9,15,17H,3,6,10H2,1H3,(H,24,27). The van der Waals surface area contributed by atoms with Gasteiger partial charge in [-0.25, -0.2) is 8.78 Å². The number of nitrogens with zero attached hydrogens (tertiary/aromatic N) is 1. The minimum absolute atomic E-state index is 0.226. The summed E-state index contributed by atoms with van der Waals surface area (Å²) >= 11 is 0. The molecule has 0 saturated carbocycles. The number of methoxy groups -OCH3 is 1. The number of nitrogens with one attached hydrogen (secondary N) is 1. The summed E-state index contributed by atoms with van der Waals surface area (Å²) in [6.45, 7) is -0.288. The van der Waals surface area contributed by atoms with Crippen molar-refractivity contribution >= 4 is 23.3 Å². The van der Waals surface area contributed by atoms with Crippen LogP contribution in [0.1, 0.15) is 23.6 Å². The summed E-state index contributed by atoms with van der Waals surface area (Å²) in [6, 6.07) is 8.02.